The van der Waals surface area contributed by atoms with Crippen molar-refractivity contribution in [2.45, 2.75) is 32.9 Å². The number of ether oxygens (including phenoxy) is 1. The number of H-pyrrole nitrogens is 1. The minimum absolute atomic E-state index is 0. The number of amides is 1. The molecule has 0 radical (unpaired) electrons. The van der Waals surface area contributed by atoms with Crippen molar-refractivity contribution in [3.8, 4) is 5.88 Å². The van der Waals surface area contributed by atoms with Gasteiger partial charge in [0.1, 0.15) is 0 Å². The van der Waals surface area contributed by atoms with Crippen LogP contribution in [0.15, 0.2) is 18.3 Å². The number of fused-ring (bicyclic) bond motifs is 1. The molecule has 3 N–H and O–H groups in total. The van der Waals surface area contributed by atoms with Crippen LogP contribution in [0.25, 0.3) is 0 Å². The molecule has 1 aliphatic rings. The Morgan fingerprint density at radius 3 is 3.04 bits per heavy atom. The lowest BCUT2D eigenvalue weighted by atomic mass is 10.1. The van der Waals surface area contributed by atoms with E-state index in [9.17, 15) is 4.79 Å². The minimum atomic E-state index is -0.169. The molecule has 24 heavy (non-hydrogen) atoms. The summed E-state index contributed by atoms with van der Waals surface area (Å²) < 4.78 is 5.44. The van der Waals surface area contributed by atoms with Crippen molar-refractivity contribution in [3.63, 3.8) is 0 Å². The van der Waals surface area contributed by atoms with Gasteiger partial charge in [-0.2, -0.15) is 5.10 Å². The molecule has 2 aromatic rings. The van der Waals surface area contributed by atoms with Gasteiger partial charge in [-0.1, -0.05) is 13.0 Å². The number of pyridine rings is 1. The predicted octanol–water partition coefficient (Wildman–Crippen LogP) is 1.59. The van der Waals surface area contributed by atoms with Gasteiger partial charge in [-0.25, -0.2) is 4.98 Å². The Bertz CT molecular complexity index is 672. The number of hydrogen-bond donors (Lipinski definition) is 3. The van der Waals surface area contributed by atoms with Crippen LogP contribution >= 0.6 is 12.4 Å². The molecule has 0 saturated carbocycles. The Morgan fingerprint density at radius 2 is 2.29 bits per heavy atom. The van der Waals surface area contributed by atoms with Crippen molar-refractivity contribution in [3.05, 3.63) is 40.8 Å². The number of aromatic amines is 1. The van der Waals surface area contributed by atoms with Crippen LogP contribution in [-0.4, -0.2) is 34.2 Å². The first-order valence-corrected chi connectivity index (χ1v) is 7.90. The Labute approximate surface area is 147 Å². The van der Waals surface area contributed by atoms with Gasteiger partial charge in [0.25, 0.3) is 5.91 Å². The average molecular weight is 352 g/mol. The molecular formula is C16H22ClN5O2. The second-order valence-electron chi connectivity index (χ2n) is 5.49. The maximum absolute atomic E-state index is 12.3. The van der Waals surface area contributed by atoms with Gasteiger partial charge in [-0.05, 0) is 12.0 Å². The molecule has 7 nitrogen and oxygen atoms in total. The fourth-order valence-corrected chi connectivity index (χ4v) is 2.49. The molecule has 0 atom stereocenters. The SMILES string of the molecule is CCCOc1ccc(CNC(=O)c2n[nH]c3c2CNCC3)cn1.Cl. The molecule has 0 saturated heterocycles. The van der Waals surface area contributed by atoms with Crippen LogP contribution < -0.4 is 15.4 Å². The summed E-state index contributed by atoms with van der Waals surface area (Å²) in [6.07, 6.45) is 3.54. The maximum Gasteiger partial charge on any atom is 0.272 e. The predicted molar refractivity (Wildman–Crippen MR) is 92.4 cm³/mol. The van der Waals surface area contributed by atoms with E-state index in [1.54, 1.807) is 6.20 Å². The van der Waals surface area contributed by atoms with E-state index >= 15 is 0 Å². The normalized spacial score (nSPS) is 12.9. The summed E-state index contributed by atoms with van der Waals surface area (Å²) >= 11 is 0. The zero-order chi connectivity index (χ0) is 16.1. The lowest BCUT2D eigenvalue weighted by Gasteiger charge is -2.12. The van der Waals surface area contributed by atoms with Crippen LogP contribution in [-0.2, 0) is 19.5 Å². The Hall–Kier alpha value is -2.12. The molecular weight excluding hydrogens is 330 g/mol. The number of carbonyl (C=O) groups excluding carboxylic acids is 1. The van der Waals surface area contributed by atoms with Crippen LogP contribution in [0.1, 0.15) is 40.7 Å². The molecule has 0 bridgehead atoms. The number of nitrogens with one attached hydrogen (secondary N) is 3. The van der Waals surface area contributed by atoms with Crippen LogP contribution in [0.3, 0.4) is 0 Å². The molecule has 1 amide bonds. The van der Waals surface area contributed by atoms with E-state index in [4.69, 9.17) is 4.74 Å². The van der Waals surface area contributed by atoms with Gasteiger partial charge < -0.3 is 15.4 Å². The molecule has 0 aliphatic carbocycles. The first kappa shape index (κ1) is 18.2. The van der Waals surface area contributed by atoms with Gasteiger partial charge >= 0.3 is 0 Å². The van der Waals surface area contributed by atoms with Crippen molar-refractivity contribution in [2.75, 3.05) is 13.2 Å². The number of halogens is 1. The topological polar surface area (TPSA) is 91.9 Å². The quantitative estimate of drug-likeness (QED) is 0.735. The third-order valence-electron chi connectivity index (χ3n) is 3.73. The fraction of sp³-hybridized carbons (Fsp3) is 0.438. The average Bonchev–Trinajstić information content (AvgIpc) is 3.03. The first-order valence-electron chi connectivity index (χ1n) is 7.90. The lowest BCUT2D eigenvalue weighted by Crippen LogP contribution is -2.28. The highest BCUT2D eigenvalue weighted by Gasteiger charge is 2.21. The van der Waals surface area contributed by atoms with Gasteiger partial charge in [-0.3, -0.25) is 9.89 Å². The highest BCUT2D eigenvalue weighted by Crippen LogP contribution is 2.15. The highest BCUT2D eigenvalue weighted by atomic mass is 35.5. The number of carbonyl (C=O) groups is 1. The van der Waals surface area contributed by atoms with E-state index in [2.05, 4.69) is 25.8 Å². The molecule has 3 heterocycles. The molecule has 0 aromatic carbocycles. The van der Waals surface area contributed by atoms with E-state index in [-0.39, 0.29) is 18.3 Å². The van der Waals surface area contributed by atoms with Crippen LogP contribution in [0, 0.1) is 0 Å². The molecule has 3 rings (SSSR count). The van der Waals surface area contributed by atoms with Gasteiger partial charge in [-0.15, -0.1) is 12.4 Å². The van der Waals surface area contributed by atoms with Gasteiger partial charge in [0, 0.05) is 49.6 Å². The number of nitrogens with zero attached hydrogens (tertiary/aromatic N) is 2. The third-order valence-corrected chi connectivity index (χ3v) is 3.73. The molecule has 0 fully saturated rings. The molecule has 0 unspecified atom stereocenters. The second kappa shape index (κ2) is 8.65. The van der Waals surface area contributed by atoms with E-state index in [1.807, 2.05) is 19.1 Å². The van der Waals surface area contributed by atoms with Gasteiger partial charge in [0.2, 0.25) is 5.88 Å². The van der Waals surface area contributed by atoms with E-state index in [0.29, 0.717) is 31.3 Å². The van der Waals surface area contributed by atoms with Crippen molar-refractivity contribution >= 4 is 18.3 Å². The molecule has 1 aliphatic heterocycles. The Morgan fingerprint density at radius 1 is 1.42 bits per heavy atom. The third kappa shape index (κ3) is 4.24. The highest BCUT2D eigenvalue weighted by molar-refractivity contribution is 5.94. The van der Waals surface area contributed by atoms with Crippen molar-refractivity contribution in [2.24, 2.45) is 0 Å². The standard InChI is InChI=1S/C16H21N5O2.ClH/c1-2-7-23-14-4-3-11(8-18-14)9-19-16(22)15-12-10-17-6-5-13(12)20-21-15;/h3-4,8,17H,2,5-7,9-10H2,1H3,(H,19,22)(H,20,21);1H. The lowest BCUT2D eigenvalue weighted by molar-refractivity contribution is 0.0944. The first-order chi connectivity index (χ1) is 11.3. The Kier molecular flexibility index (Phi) is 6.57. The number of rotatable bonds is 6. The van der Waals surface area contributed by atoms with Crippen molar-refractivity contribution < 1.29 is 9.53 Å². The largest absolute Gasteiger partial charge is 0.478 e. The van der Waals surface area contributed by atoms with Crippen LogP contribution in [0.2, 0.25) is 0 Å². The smallest absolute Gasteiger partial charge is 0.272 e. The van der Waals surface area contributed by atoms with Gasteiger partial charge in [0.05, 0.1) is 6.61 Å². The molecule has 130 valence electrons. The van der Waals surface area contributed by atoms with E-state index in [0.717, 1.165) is 36.2 Å². The van der Waals surface area contributed by atoms with Crippen molar-refractivity contribution in [1.29, 1.82) is 0 Å². The summed E-state index contributed by atoms with van der Waals surface area (Å²) in [5, 5.41) is 13.2. The maximum atomic E-state index is 12.3. The minimum Gasteiger partial charge on any atom is -0.478 e. The molecule has 8 heteroatoms. The van der Waals surface area contributed by atoms with E-state index < -0.39 is 0 Å². The summed E-state index contributed by atoms with van der Waals surface area (Å²) in [7, 11) is 0. The Balaban J connectivity index is 0.00000208. The number of aromatic nitrogens is 3. The fourth-order valence-electron chi connectivity index (χ4n) is 2.49. The molecule has 2 aromatic heterocycles. The van der Waals surface area contributed by atoms with Gasteiger partial charge in [0.15, 0.2) is 5.69 Å². The summed E-state index contributed by atoms with van der Waals surface area (Å²) in [5.74, 6) is 0.437. The second-order valence-corrected chi connectivity index (χ2v) is 5.49. The van der Waals surface area contributed by atoms with Crippen molar-refractivity contribution in [1.82, 2.24) is 25.8 Å². The summed E-state index contributed by atoms with van der Waals surface area (Å²) in [6.45, 7) is 4.71. The zero-order valence-electron chi connectivity index (χ0n) is 13.6. The van der Waals surface area contributed by atoms with Crippen LogP contribution in [0.4, 0.5) is 0 Å². The summed E-state index contributed by atoms with van der Waals surface area (Å²) in [4.78, 5) is 16.5. The van der Waals surface area contributed by atoms with Crippen LogP contribution in [0.5, 0.6) is 5.88 Å². The summed E-state index contributed by atoms with van der Waals surface area (Å²) in [5.41, 5.74) is 3.41. The molecule has 0 spiro atoms. The number of hydrogen-bond acceptors (Lipinski definition) is 5. The monoisotopic (exact) mass is 351 g/mol. The zero-order valence-corrected chi connectivity index (χ0v) is 14.4. The van der Waals surface area contributed by atoms with E-state index in [1.165, 1.54) is 0 Å². The summed E-state index contributed by atoms with van der Waals surface area (Å²) in [6, 6.07) is 3.72.